The maximum Gasteiger partial charge on any atom is 0.312 e. The number of carbonyl (C=O) groups is 2. The Morgan fingerprint density at radius 2 is 2.05 bits per heavy atom. The smallest absolute Gasteiger partial charge is 0.312 e. The van der Waals surface area contributed by atoms with Crippen LogP contribution in [0.15, 0.2) is 30.3 Å². The van der Waals surface area contributed by atoms with Gasteiger partial charge in [-0.1, -0.05) is 30.3 Å². The second-order valence-corrected chi connectivity index (χ2v) is 6.41. The topological polar surface area (TPSA) is 46.6 Å². The van der Waals surface area contributed by atoms with Crippen molar-refractivity contribution in [1.29, 1.82) is 0 Å². The lowest BCUT2D eigenvalue weighted by molar-refractivity contribution is -0.151. The summed E-state index contributed by atoms with van der Waals surface area (Å²) in [7, 11) is 0. The SMILES string of the molecule is CCOC(=O)C1(C2CC(=O)N([C@@H](C)c3ccccc3)C2)CC1. The molecule has 1 saturated heterocycles. The number of amides is 1. The van der Waals surface area contributed by atoms with Crippen molar-refractivity contribution in [2.24, 2.45) is 11.3 Å². The summed E-state index contributed by atoms with van der Waals surface area (Å²) in [6, 6.07) is 10.1. The molecule has 1 heterocycles. The highest BCUT2D eigenvalue weighted by atomic mass is 16.5. The minimum Gasteiger partial charge on any atom is -0.466 e. The molecule has 1 aromatic carbocycles. The lowest BCUT2D eigenvalue weighted by Gasteiger charge is -2.26. The molecule has 3 rings (SSSR count). The Labute approximate surface area is 131 Å². The van der Waals surface area contributed by atoms with Crippen molar-refractivity contribution in [3.05, 3.63) is 35.9 Å². The summed E-state index contributed by atoms with van der Waals surface area (Å²) < 4.78 is 5.23. The molecule has 1 aromatic rings. The van der Waals surface area contributed by atoms with Crippen LogP contribution in [0.3, 0.4) is 0 Å². The standard InChI is InChI=1S/C18H23NO3/c1-3-22-17(21)18(9-10-18)15-11-16(20)19(12-15)13(2)14-7-5-4-6-8-14/h4-8,13,15H,3,9-12H2,1-2H3/t13-,15?/m0/s1. The van der Waals surface area contributed by atoms with Crippen LogP contribution in [0.4, 0.5) is 0 Å². The Morgan fingerprint density at radius 3 is 2.64 bits per heavy atom. The zero-order chi connectivity index (χ0) is 15.7. The van der Waals surface area contributed by atoms with E-state index in [9.17, 15) is 9.59 Å². The van der Waals surface area contributed by atoms with Gasteiger partial charge in [-0.15, -0.1) is 0 Å². The molecule has 2 atom stereocenters. The van der Waals surface area contributed by atoms with Crippen molar-refractivity contribution < 1.29 is 14.3 Å². The van der Waals surface area contributed by atoms with E-state index >= 15 is 0 Å². The molecule has 0 radical (unpaired) electrons. The molecule has 0 bridgehead atoms. The number of carbonyl (C=O) groups excluding carboxylic acids is 2. The Balaban J connectivity index is 1.73. The van der Waals surface area contributed by atoms with Crippen LogP contribution in [0.5, 0.6) is 0 Å². The molecule has 1 saturated carbocycles. The molecule has 1 aliphatic heterocycles. The fourth-order valence-electron chi connectivity index (χ4n) is 3.58. The first-order chi connectivity index (χ1) is 10.6. The molecule has 1 aliphatic carbocycles. The predicted octanol–water partition coefficient (Wildman–Crippen LogP) is 2.94. The molecule has 4 heteroatoms. The maximum absolute atomic E-state index is 12.4. The molecule has 2 fully saturated rings. The maximum atomic E-state index is 12.4. The molecule has 22 heavy (non-hydrogen) atoms. The summed E-state index contributed by atoms with van der Waals surface area (Å²) in [4.78, 5) is 26.6. The molecule has 0 spiro atoms. The van der Waals surface area contributed by atoms with Crippen LogP contribution in [0.25, 0.3) is 0 Å². The van der Waals surface area contributed by atoms with Crippen LogP contribution in [0, 0.1) is 11.3 Å². The van der Waals surface area contributed by atoms with E-state index in [-0.39, 0.29) is 23.8 Å². The number of esters is 1. The summed E-state index contributed by atoms with van der Waals surface area (Å²) in [5, 5.41) is 0. The quantitative estimate of drug-likeness (QED) is 0.786. The van der Waals surface area contributed by atoms with Gasteiger partial charge in [0, 0.05) is 18.9 Å². The van der Waals surface area contributed by atoms with Gasteiger partial charge in [-0.2, -0.15) is 0 Å². The minimum absolute atomic E-state index is 0.0525. The summed E-state index contributed by atoms with van der Waals surface area (Å²) in [5.74, 6) is 0.143. The first-order valence-corrected chi connectivity index (χ1v) is 8.10. The van der Waals surface area contributed by atoms with Crippen LogP contribution >= 0.6 is 0 Å². The fourth-order valence-corrected chi connectivity index (χ4v) is 3.58. The molecular weight excluding hydrogens is 278 g/mol. The van der Waals surface area contributed by atoms with Gasteiger partial charge in [-0.3, -0.25) is 9.59 Å². The van der Waals surface area contributed by atoms with Crippen LogP contribution in [0.1, 0.15) is 44.7 Å². The van der Waals surface area contributed by atoms with E-state index in [2.05, 4.69) is 6.92 Å². The van der Waals surface area contributed by atoms with Crippen LogP contribution in [-0.4, -0.2) is 29.9 Å². The Morgan fingerprint density at radius 1 is 1.36 bits per heavy atom. The average Bonchev–Trinajstić information content (AvgIpc) is 3.25. The Hall–Kier alpha value is -1.84. The first kappa shape index (κ1) is 15.1. The van der Waals surface area contributed by atoms with E-state index in [1.807, 2.05) is 42.2 Å². The molecular formula is C18H23NO3. The van der Waals surface area contributed by atoms with E-state index in [4.69, 9.17) is 4.74 Å². The lowest BCUT2D eigenvalue weighted by atomic mass is 9.88. The Kier molecular flexibility index (Phi) is 3.94. The van der Waals surface area contributed by atoms with E-state index in [1.54, 1.807) is 0 Å². The van der Waals surface area contributed by atoms with Gasteiger partial charge in [0.15, 0.2) is 0 Å². The third-order valence-electron chi connectivity index (χ3n) is 5.16. The summed E-state index contributed by atoms with van der Waals surface area (Å²) in [6.45, 7) is 4.95. The van der Waals surface area contributed by atoms with E-state index in [0.29, 0.717) is 19.6 Å². The fraction of sp³-hybridized carbons (Fsp3) is 0.556. The summed E-state index contributed by atoms with van der Waals surface area (Å²) in [6.07, 6.45) is 2.19. The number of hydrogen-bond acceptors (Lipinski definition) is 3. The molecule has 1 amide bonds. The highest BCUT2D eigenvalue weighted by Crippen LogP contribution is 2.56. The van der Waals surface area contributed by atoms with E-state index in [1.165, 1.54) is 0 Å². The zero-order valence-electron chi connectivity index (χ0n) is 13.2. The molecule has 1 unspecified atom stereocenters. The second kappa shape index (κ2) is 5.75. The van der Waals surface area contributed by atoms with Crippen LogP contribution < -0.4 is 0 Å². The van der Waals surface area contributed by atoms with Crippen molar-refractivity contribution in [2.45, 2.75) is 39.2 Å². The second-order valence-electron chi connectivity index (χ2n) is 6.41. The van der Waals surface area contributed by atoms with Gasteiger partial charge in [-0.25, -0.2) is 0 Å². The largest absolute Gasteiger partial charge is 0.466 e. The number of nitrogens with zero attached hydrogens (tertiary/aromatic N) is 1. The van der Waals surface area contributed by atoms with Gasteiger partial charge in [0.1, 0.15) is 0 Å². The van der Waals surface area contributed by atoms with Crippen molar-refractivity contribution in [3.8, 4) is 0 Å². The summed E-state index contributed by atoms with van der Waals surface area (Å²) in [5.41, 5.74) is 0.745. The van der Waals surface area contributed by atoms with Crippen molar-refractivity contribution in [1.82, 2.24) is 4.90 Å². The zero-order valence-corrected chi connectivity index (χ0v) is 13.2. The van der Waals surface area contributed by atoms with Crippen molar-refractivity contribution in [2.75, 3.05) is 13.2 Å². The third-order valence-corrected chi connectivity index (χ3v) is 5.16. The van der Waals surface area contributed by atoms with Gasteiger partial charge < -0.3 is 9.64 Å². The number of hydrogen-bond donors (Lipinski definition) is 0. The van der Waals surface area contributed by atoms with Gasteiger partial charge >= 0.3 is 5.97 Å². The predicted molar refractivity (Wildman–Crippen MR) is 83.0 cm³/mol. The first-order valence-electron chi connectivity index (χ1n) is 8.10. The van der Waals surface area contributed by atoms with Gasteiger partial charge in [0.05, 0.1) is 18.1 Å². The number of ether oxygens (including phenoxy) is 1. The van der Waals surface area contributed by atoms with E-state index in [0.717, 1.165) is 18.4 Å². The van der Waals surface area contributed by atoms with Gasteiger partial charge in [0.2, 0.25) is 5.91 Å². The lowest BCUT2D eigenvalue weighted by Crippen LogP contribution is -2.32. The van der Waals surface area contributed by atoms with E-state index < -0.39 is 5.41 Å². The monoisotopic (exact) mass is 301 g/mol. The highest BCUT2D eigenvalue weighted by Gasteiger charge is 2.59. The molecule has 4 nitrogen and oxygen atoms in total. The van der Waals surface area contributed by atoms with Crippen molar-refractivity contribution in [3.63, 3.8) is 0 Å². The molecule has 2 aliphatic rings. The van der Waals surface area contributed by atoms with Gasteiger partial charge in [-0.05, 0) is 32.3 Å². The molecule has 0 N–H and O–H groups in total. The normalized spacial score (nSPS) is 24.2. The summed E-state index contributed by atoms with van der Waals surface area (Å²) >= 11 is 0. The third kappa shape index (κ3) is 2.51. The highest BCUT2D eigenvalue weighted by molar-refractivity contribution is 5.85. The Bertz CT molecular complexity index is 565. The number of benzene rings is 1. The molecule has 0 aromatic heterocycles. The molecule has 118 valence electrons. The van der Waals surface area contributed by atoms with Crippen LogP contribution in [0.2, 0.25) is 0 Å². The van der Waals surface area contributed by atoms with Gasteiger partial charge in [0.25, 0.3) is 0 Å². The van der Waals surface area contributed by atoms with Crippen molar-refractivity contribution >= 4 is 11.9 Å². The number of likely N-dealkylation sites (tertiary alicyclic amines) is 1. The average molecular weight is 301 g/mol. The minimum atomic E-state index is -0.392. The number of rotatable bonds is 5. The van der Waals surface area contributed by atoms with Crippen LogP contribution in [-0.2, 0) is 14.3 Å².